The van der Waals surface area contributed by atoms with Crippen molar-refractivity contribution in [2.45, 2.75) is 39.5 Å². The normalized spacial score (nSPS) is 13.0. The third-order valence-corrected chi connectivity index (χ3v) is 4.82. The van der Waals surface area contributed by atoms with Crippen molar-refractivity contribution in [1.29, 1.82) is 0 Å². The Kier molecular flexibility index (Phi) is 4.03. The molecule has 4 rings (SSSR count). The minimum atomic E-state index is -0.400. The average molecular weight is 352 g/mol. The van der Waals surface area contributed by atoms with Gasteiger partial charge in [-0.15, -0.1) is 0 Å². The van der Waals surface area contributed by atoms with E-state index in [1.807, 2.05) is 0 Å². The summed E-state index contributed by atoms with van der Waals surface area (Å²) >= 11 is 0. The van der Waals surface area contributed by atoms with Crippen LogP contribution in [0.5, 0.6) is 0 Å². The molecular formula is C20H20N2O4. The van der Waals surface area contributed by atoms with Gasteiger partial charge in [0.2, 0.25) is 5.91 Å². The number of rotatable bonds is 3. The van der Waals surface area contributed by atoms with Gasteiger partial charge in [-0.2, -0.15) is 0 Å². The van der Waals surface area contributed by atoms with Crippen LogP contribution in [-0.2, 0) is 24.1 Å². The molecule has 0 radical (unpaired) electrons. The van der Waals surface area contributed by atoms with Crippen LogP contribution in [-0.4, -0.2) is 11.8 Å². The number of furan rings is 2. The van der Waals surface area contributed by atoms with Crippen LogP contribution in [0, 0.1) is 13.8 Å². The molecule has 1 aromatic carbocycles. The Morgan fingerprint density at radius 3 is 2.58 bits per heavy atom. The van der Waals surface area contributed by atoms with Crippen LogP contribution >= 0.6 is 0 Å². The molecule has 0 aliphatic heterocycles. The minimum Gasteiger partial charge on any atom is -0.466 e. The summed E-state index contributed by atoms with van der Waals surface area (Å²) in [5.74, 6) is 0.460. The minimum absolute atomic E-state index is 0.134. The van der Waals surface area contributed by atoms with Crippen LogP contribution in [0.15, 0.2) is 33.3 Å². The molecule has 2 aromatic heterocycles. The highest BCUT2D eigenvalue weighted by Gasteiger charge is 2.18. The van der Waals surface area contributed by atoms with E-state index in [2.05, 4.69) is 23.0 Å². The molecule has 6 heteroatoms. The molecule has 2 amide bonds. The lowest BCUT2D eigenvalue weighted by Crippen LogP contribution is -2.42. The van der Waals surface area contributed by atoms with Crippen LogP contribution in [0.1, 0.15) is 45.0 Å². The van der Waals surface area contributed by atoms with Crippen molar-refractivity contribution in [3.8, 4) is 0 Å². The summed E-state index contributed by atoms with van der Waals surface area (Å²) in [6.07, 6.45) is 5.07. The quantitative estimate of drug-likeness (QED) is 0.709. The first-order chi connectivity index (χ1) is 12.5. The van der Waals surface area contributed by atoms with Crippen LogP contribution in [0.3, 0.4) is 0 Å². The predicted octanol–water partition coefficient (Wildman–Crippen LogP) is 3.14. The monoisotopic (exact) mass is 352 g/mol. The Hall–Kier alpha value is -3.02. The molecule has 2 heterocycles. The number of amides is 2. The summed E-state index contributed by atoms with van der Waals surface area (Å²) in [7, 11) is 0. The standard InChI is InChI=1S/C20H20N2O4/c1-11-6-16(12(2)26-11)20(24)22-21-19(23)9-15-10-25-18-8-14-5-3-4-13(14)7-17(15)18/h6-8,10H,3-5,9H2,1-2H3,(H,21,23)(H,22,24). The van der Waals surface area contributed by atoms with Gasteiger partial charge in [0.05, 0.1) is 18.2 Å². The van der Waals surface area contributed by atoms with Crippen molar-refractivity contribution in [1.82, 2.24) is 10.9 Å². The molecule has 3 aromatic rings. The Labute approximate surface area is 150 Å². The number of hydrazine groups is 1. The summed E-state index contributed by atoms with van der Waals surface area (Å²) in [6.45, 7) is 3.48. The first kappa shape index (κ1) is 16.4. The van der Waals surface area contributed by atoms with E-state index in [4.69, 9.17) is 8.83 Å². The molecule has 134 valence electrons. The van der Waals surface area contributed by atoms with Crippen molar-refractivity contribution < 1.29 is 18.4 Å². The molecule has 0 atom stereocenters. The van der Waals surface area contributed by atoms with Crippen LogP contribution in [0.25, 0.3) is 11.0 Å². The zero-order chi connectivity index (χ0) is 18.3. The second kappa shape index (κ2) is 6.37. The van der Waals surface area contributed by atoms with Gasteiger partial charge in [0, 0.05) is 10.9 Å². The highest BCUT2D eigenvalue weighted by Crippen LogP contribution is 2.30. The van der Waals surface area contributed by atoms with E-state index in [-0.39, 0.29) is 12.3 Å². The fourth-order valence-corrected chi connectivity index (χ4v) is 3.55. The smallest absolute Gasteiger partial charge is 0.273 e. The van der Waals surface area contributed by atoms with Crippen molar-refractivity contribution in [2.24, 2.45) is 0 Å². The third kappa shape index (κ3) is 2.98. The van der Waals surface area contributed by atoms with E-state index >= 15 is 0 Å². The van der Waals surface area contributed by atoms with Gasteiger partial charge in [0.25, 0.3) is 5.91 Å². The maximum Gasteiger partial charge on any atom is 0.273 e. The van der Waals surface area contributed by atoms with Crippen molar-refractivity contribution in [3.63, 3.8) is 0 Å². The maximum absolute atomic E-state index is 12.2. The molecule has 1 aliphatic carbocycles. The van der Waals surface area contributed by atoms with Crippen LogP contribution in [0.2, 0.25) is 0 Å². The SMILES string of the molecule is Cc1cc(C(=O)NNC(=O)Cc2coc3cc4c(cc23)CCC4)c(C)o1. The Morgan fingerprint density at radius 1 is 1.08 bits per heavy atom. The number of carbonyl (C=O) groups excluding carboxylic acids is 2. The van der Waals surface area contributed by atoms with E-state index in [0.29, 0.717) is 17.1 Å². The predicted molar refractivity (Wildman–Crippen MR) is 95.7 cm³/mol. The summed E-state index contributed by atoms with van der Waals surface area (Å²) in [5.41, 5.74) is 9.58. The maximum atomic E-state index is 12.2. The molecule has 0 saturated heterocycles. The number of nitrogens with one attached hydrogen (secondary N) is 2. The summed E-state index contributed by atoms with van der Waals surface area (Å²) in [5, 5.41) is 0.966. The lowest BCUT2D eigenvalue weighted by Gasteiger charge is -2.06. The fraction of sp³-hybridized carbons (Fsp3) is 0.300. The first-order valence-electron chi connectivity index (χ1n) is 8.69. The second-order valence-corrected chi connectivity index (χ2v) is 6.74. The molecule has 6 nitrogen and oxygen atoms in total. The fourth-order valence-electron chi connectivity index (χ4n) is 3.55. The number of aryl methyl sites for hydroxylation is 4. The molecule has 26 heavy (non-hydrogen) atoms. The third-order valence-electron chi connectivity index (χ3n) is 4.82. The molecule has 2 N–H and O–H groups in total. The molecule has 0 spiro atoms. The van der Waals surface area contributed by atoms with Gasteiger partial charge in [0.1, 0.15) is 17.1 Å². The van der Waals surface area contributed by atoms with Crippen molar-refractivity contribution >= 4 is 22.8 Å². The van der Waals surface area contributed by atoms with E-state index in [1.54, 1.807) is 26.2 Å². The largest absolute Gasteiger partial charge is 0.466 e. The zero-order valence-electron chi connectivity index (χ0n) is 14.8. The first-order valence-corrected chi connectivity index (χ1v) is 8.69. The van der Waals surface area contributed by atoms with Gasteiger partial charge in [-0.05, 0) is 62.4 Å². The molecule has 0 saturated carbocycles. The van der Waals surface area contributed by atoms with Gasteiger partial charge in [0.15, 0.2) is 0 Å². The lowest BCUT2D eigenvalue weighted by atomic mass is 10.0. The van der Waals surface area contributed by atoms with Gasteiger partial charge >= 0.3 is 0 Å². The van der Waals surface area contributed by atoms with Crippen LogP contribution in [0.4, 0.5) is 0 Å². The van der Waals surface area contributed by atoms with Gasteiger partial charge in [-0.25, -0.2) is 0 Å². The van der Waals surface area contributed by atoms with Gasteiger partial charge in [-0.1, -0.05) is 0 Å². The van der Waals surface area contributed by atoms with Crippen molar-refractivity contribution in [2.75, 3.05) is 0 Å². The number of carbonyl (C=O) groups is 2. The molecule has 0 fully saturated rings. The summed E-state index contributed by atoms with van der Waals surface area (Å²) in [4.78, 5) is 24.3. The molecule has 1 aliphatic rings. The number of hydrogen-bond donors (Lipinski definition) is 2. The second-order valence-electron chi connectivity index (χ2n) is 6.74. The zero-order valence-corrected chi connectivity index (χ0v) is 14.8. The van der Waals surface area contributed by atoms with Crippen molar-refractivity contribution in [3.05, 3.63) is 58.2 Å². The van der Waals surface area contributed by atoms with Gasteiger partial charge in [-0.3, -0.25) is 20.4 Å². The van der Waals surface area contributed by atoms with E-state index in [0.717, 1.165) is 35.8 Å². The summed E-state index contributed by atoms with van der Waals surface area (Å²) in [6, 6.07) is 5.84. The van der Waals surface area contributed by atoms with E-state index < -0.39 is 5.91 Å². The molecule has 0 unspecified atom stereocenters. The number of hydrogen-bond acceptors (Lipinski definition) is 4. The van der Waals surface area contributed by atoms with E-state index in [1.165, 1.54) is 11.1 Å². The van der Waals surface area contributed by atoms with Gasteiger partial charge < -0.3 is 8.83 Å². The molecular weight excluding hydrogens is 332 g/mol. The highest BCUT2D eigenvalue weighted by molar-refractivity contribution is 5.97. The van der Waals surface area contributed by atoms with E-state index in [9.17, 15) is 9.59 Å². The summed E-state index contributed by atoms with van der Waals surface area (Å²) < 4.78 is 10.9. The Morgan fingerprint density at radius 2 is 1.85 bits per heavy atom. The Balaban J connectivity index is 1.43. The topological polar surface area (TPSA) is 84.5 Å². The highest BCUT2D eigenvalue weighted by atomic mass is 16.3. The average Bonchev–Trinajstić information content (AvgIpc) is 3.30. The Bertz CT molecular complexity index is 1010. The number of benzene rings is 1. The number of fused-ring (bicyclic) bond motifs is 2. The van der Waals surface area contributed by atoms with Crippen LogP contribution < -0.4 is 10.9 Å². The molecule has 0 bridgehead atoms. The lowest BCUT2D eigenvalue weighted by molar-refractivity contribution is -0.121.